The fourth-order valence-corrected chi connectivity index (χ4v) is 3.90. The third kappa shape index (κ3) is 3.01. The third-order valence-electron chi connectivity index (χ3n) is 5.11. The van der Waals surface area contributed by atoms with Gasteiger partial charge in [-0.05, 0) is 61.8 Å². The van der Waals surface area contributed by atoms with Gasteiger partial charge in [0.15, 0.2) is 0 Å². The molecule has 110 valence electrons. The van der Waals surface area contributed by atoms with Crippen LogP contribution in [0.1, 0.15) is 57.4 Å². The van der Waals surface area contributed by atoms with Gasteiger partial charge in [-0.1, -0.05) is 32.4 Å². The number of benzene rings is 1. The van der Waals surface area contributed by atoms with Gasteiger partial charge in [-0.3, -0.25) is 0 Å². The largest absolute Gasteiger partial charge is 0.382 e. The molecule has 2 N–H and O–H groups in total. The molecule has 0 amide bonds. The van der Waals surface area contributed by atoms with Crippen molar-refractivity contribution in [1.82, 2.24) is 5.32 Å². The van der Waals surface area contributed by atoms with Crippen LogP contribution in [0.5, 0.6) is 0 Å². The van der Waals surface area contributed by atoms with E-state index < -0.39 is 0 Å². The Bertz CT molecular complexity index is 418. The Morgan fingerprint density at radius 3 is 2.50 bits per heavy atom. The average molecular weight is 272 g/mol. The van der Waals surface area contributed by atoms with E-state index in [1.165, 1.54) is 49.9 Å². The molecule has 2 aliphatic rings. The summed E-state index contributed by atoms with van der Waals surface area (Å²) in [5, 5.41) is 7.49. The number of anilines is 1. The molecule has 3 rings (SSSR count). The van der Waals surface area contributed by atoms with Crippen molar-refractivity contribution in [2.24, 2.45) is 5.92 Å². The van der Waals surface area contributed by atoms with Gasteiger partial charge in [-0.15, -0.1) is 0 Å². The third-order valence-corrected chi connectivity index (χ3v) is 5.11. The van der Waals surface area contributed by atoms with Gasteiger partial charge in [-0.25, -0.2) is 0 Å². The van der Waals surface area contributed by atoms with Crippen molar-refractivity contribution in [2.45, 2.75) is 64.0 Å². The van der Waals surface area contributed by atoms with Crippen molar-refractivity contribution in [2.75, 3.05) is 11.9 Å². The lowest BCUT2D eigenvalue weighted by molar-refractivity contribution is 0.376. The molecule has 1 heterocycles. The van der Waals surface area contributed by atoms with Crippen molar-refractivity contribution in [3.05, 3.63) is 29.8 Å². The molecule has 1 aromatic rings. The van der Waals surface area contributed by atoms with Crippen LogP contribution in [0.4, 0.5) is 5.69 Å². The molecule has 0 spiro atoms. The summed E-state index contributed by atoms with van der Waals surface area (Å²) in [6.45, 7) is 5.72. The first-order valence-corrected chi connectivity index (χ1v) is 8.34. The van der Waals surface area contributed by atoms with Crippen molar-refractivity contribution in [3.8, 4) is 0 Å². The quantitative estimate of drug-likeness (QED) is 0.860. The predicted molar refractivity (Wildman–Crippen MR) is 86.3 cm³/mol. The summed E-state index contributed by atoms with van der Waals surface area (Å²) in [6.07, 6.45) is 6.82. The summed E-state index contributed by atoms with van der Waals surface area (Å²) in [5.74, 6) is 1.44. The lowest BCUT2D eigenvalue weighted by atomic mass is 9.93. The Labute approximate surface area is 123 Å². The molecule has 2 heteroatoms. The highest BCUT2D eigenvalue weighted by Gasteiger charge is 2.34. The average Bonchev–Trinajstić information content (AvgIpc) is 3.09. The van der Waals surface area contributed by atoms with Gasteiger partial charge in [-0.2, -0.15) is 0 Å². The molecule has 1 aliphatic carbocycles. The number of nitrogens with one attached hydrogen (secondary N) is 2. The van der Waals surface area contributed by atoms with E-state index in [1.807, 2.05) is 0 Å². The monoisotopic (exact) mass is 272 g/mol. The maximum Gasteiger partial charge on any atom is 0.0342 e. The van der Waals surface area contributed by atoms with E-state index in [2.05, 4.69) is 48.7 Å². The van der Waals surface area contributed by atoms with Crippen LogP contribution in [0.15, 0.2) is 24.3 Å². The molecule has 1 aliphatic heterocycles. The second-order valence-corrected chi connectivity index (χ2v) is 6.83. The minimum atomic E-state index is 0.617. The van der Waals surface area contributed by atoms with Gasteiger partial charge >= 0.3 is 0 Å². The van der Waals surface area contributed by atoms with E-state index in [0.717, 1.165) is 12.0 Å². The summed E-state index contributed by atoms with van der Waals surface area (Å²) in [7, 11) is 0. The highest BCUT2D eigenvalue weighted by molar-refractivity contribution is 5.46. The zero-order chi connectivity index (χ0) is 13.9. The topological polar surface area (TPSA) is 24.1 Å². The minimum Gasteiger partial charge on any atom is -0.382 e. The van der Waals surface area contributed by atoms with Crippen LogP contribution in [-0.4, -0.2) is 18.6 Å². The highest BCUT2D eigenvalue weighted by Crippen LogP contribution is 2.34. The normalized spacial score (nSPS) is 30.1. The van der Waals surface area contributed by atoms with Crippen LogP contribution >= 0.6 is 0 Å². The maximum atomic E-state index is 3.79. The summed E-state index contributed by atoms with van der Waals surface area (Å²) >= 11 is 0. The molecule has 1 saturated heterocycles. The summed E-state index contributed by atoms with van der Waals surface area (Å²) < 4.78 is 0. The second kappa shape index (κ2) is 6.17. The standard InChI is InChI=1S/C18H28N2/c1-13(2)14-8-10-15(11-9-14)20-18-6-3-5-16(18)17-7-4-12-19-17/h8-11,13,16-20H,3-7,12H2,1-2H3. The maximum absolute atomic E-state index is 3.79. The van der Waals surface area contributed by atoms with E-state index in [0.29, 0.717) is 12.0 Å². The van der Waals surface area contributed by atoms with Gasteiger partial charge in [0, 0.05) is 17.8 Å². The smallest absolute Gasteiger partial charge is 0.0342 e. The molecule has 0 bridgehead atoms. The minimum absolute atomic E-state index is 0.617. The van der Waals surface area contributed by atoms with E-state index in [-0.39, 0.29) is 0 Å². The summed E-state index contributed by atoms with van der Waals surface area (Å²) in [6, 6.07) is 10.5. The zero-order valence-corrected chi connectivity index (χ0v) is 12.9. The molecule has 20 heavy (non-hydrogen) atoms. The van der Waals surface area contributed by atoms with Crippen molar-refractivity contribution < 1.29 is 0 Å². The lowest BCUT2D eigenvalue weighted by Gasteiger charge is -2.27. The molecule has 1 saturated carbocycles. The van der Waals surface area contributed by atoms with Crippen molar-refractivity contribution in [1.29, 1.82) is 0 Å². The zero-order valence-electron chi connectivity index (χ0n) is 12.9. The van der Waals surface area contributed by atoms with Gasteiger partial charge in [0.25, 0.3) is 0 Å². The van der Waals surface area contributed by atoms with E-state index >= 15 is 0 Å². The number of hydrogen-bond acceptors (Lipinski definition) is 2. The van der Waals surface area contributed by atoms with E-state index in [1.54, 1.807) is 0 Å². The van der Waals surface area contributed by atoms with Crippen molar-refractivity contribution >= 4 is 5.69 Å². The Morgan fingerprint density at radius 2 is 1.85 bits per heavy atom. The molecule has 3 atom stereocenters. The molecule has 0 radical (unpaired) electrons. The molecule has 2 nitrogen and oxygen atoms in total. The first-order valence-electron chi connectivity index (χ1n) is 8.34. The summed E-state index contributed by atoms with van der Waals surface area (Å²) in [5.41, 5.74) is 2.72. The Morgan fingerprint density at radius 1 is 1.05 bits per heavy atom. The molecule has 0 aromatic heterocycles. The number of rotatable bonds is 4. The van der Waals surface area contributed by atoms with Crippen LogP contribution in [0, 0.1) is 5.92 Å². The van der Waals surface area contributed by atoms with Crippen LogP contribution in [0.3, 0.4) is 0 Å². The highest BCUT2D eigenvalue weighted by atomic mass is 15.0. The Kier molecular flexibility index (Phi) is 4.30. The SMILES string of the molecule is CC(C)c1ccc(NC2CCCC2C2CCCN2)cc1. The van der Waals surface area contributed by atoms with Crippen LogP contribution in [0.25, 0.3) is 0 Å². The fraction of sp³-hybridized carbons (Fsp3) is 0.667. The Balaban J connectivity index is 1.63. The first kappa shape index (κ1) is 13.9. The number of hydrogen-bond donors (Lipinski definition) is 2. The van der Waals surface area contributed by atoms with E-state index in [9.17, 15) is 0 Å². The predicted octanol–water partition coefficient (Wildman–Crippen LogP) is 4.14. The van der Waals surface area contributed by atoms with E-state index in [4.69, 9.17) is 0 Å². The van der Waals surface area contributed by atoms with Crippen LogP contribution < -0.4 is 10.6 Å². The summed E-state index contributed by atoms with van der Waals surface area (Å²) in [4.78, 5) is 0. The Hall–Kier alpha value is -1.02. The van der Waals surface area contributed by atoms with Gasteiger partial charge in [0.1, 0.15) is 0 Å². The molecular weight excluding hydrogens is 244 g/mol. The molecule has 1 aromatic carbocycles. The first-order chi connectivity index (χ1) is 9.74. The molecule has 3 unspecified atom stereocenters. The molecular formula is C18H28N2. The van der Waals surface area contributed by atoms with Gasteiger partial charge in [0.2, 0.25) is 0 Å². The second-order valence-electron chi connectivity index (χ2n) is 6.83. The fourth-order valence-electron chi connectivity index (χ4n) is 3.90. The van der Waals surface area contributed by atoms with Gasteiger partial charge in [0.05, 0.1) is 0 Å². The van der Waals surface area contributed by atoms with Crippen molar-refractivity contribution in [3.63, 3.8) is 0 Å². The molecule has 2 fully saturated rings. The van der Waals surface area contributed by atoms with Crippen LogP contribution in [-0.2, 0) is 0 Å². The van der Waals surface area contributed by atoms with Gasteiger partial charge < -0.3 is 10.6 Å². The van der Waals surface area contributed by atoms with Crippen LogP contribution in [0.2, 0.25) is 0 Å². The lowest BCUT2D eigenvalue weighted by Crippen LogP contribution is -2.38.